The molecule has 0 aliphatic rings. The zero-order valence-corrected chi connectivity index (χ0v) is 5.94. The van der Waals surface area contributed by atoms with Gasteiger partial charge in [-0.05, 0) is 0 Å². The summed E-state index contributed by atoms with van der Waals surface area (Å²) >= 11 is 0. The van der Waals surface area contributed by atoms with Crippen LogP contribution >= 0.6 is 7.06 Å². The van der Waals surface area contributed by atoms with E-state index >= 15 is 0 Å². The Bertz CT molecular complexity index is 66.6. The van der Waals surface area contributed by atoms with Crippen LogP contribution in [-0.4, -0.2) is 37.7 Å². The second-order valence-electron chi connectivity index (χ2n) is 2.57. The van der Waals surface area contributed by atoms with Gasteiger partial charge in [0.15, 0.2) is 0 Å². The normalized spacial score (nSPS) is 15.9. The molecule has 0 bridgehead atoms. The van der Waals surface area contributed by atoms with Crippen molar-refractivity contribution in [2.24, 2.45) is 0 Å². The van der Waals surface area contributed by atoms with Gasteiger partial charge in [-0.15, -0.1) is 0 Å². The summed E-state index contributed by atoms with van der Waals surface area (Å²) in [4.78, 5) is 18.0. The Morgan fingerprint density at radius 1 is 1.25 bits per heavy atom. The average Bonchev–Trinajstić information content (AvgIpc) is 1.32. The molecule has 52 valence electrons. The van der Waals surface area contributed by atoms with E-state index in [4.69, 9.17) is 9.79 Å². The van der Waals surface area contributed by atoms with Crippen molar-refractivity contribution < 1.29 is 9.79 Å². The third-order valence-corrected chi connectivity index (χ3v) is 2.75. The van der Waals surface area contributed by atoms with Gasteiger partial charge in [-0.25, -0.2) is 0 Å². The van der Waals surface area contributed by atoms with Crippen LogP contribution in [0.4, 0.5) is 0 Å². The first kappa shape index (κ1) is 11.2. The predicted octanol–water partition coefficient (Wildman–Crippen LogP) is -0.550. The Hall–Kier alpha value is 0.415. The summed E-state index contributed by atoms with van der Waals surface area (Å²) in [6, 6.07) is 0. The second kappa shape index (κ2) is 2.34. The Kier molecular flexibility index (Phi) is 3.29. The van der Waals surface area contributed by atoms with E-state index in [1.54, 1.807) is 6.92 Å². The van der Waals surface area contributed by atoms with Crippen LogP contribution in [0.3, 0.4) is 0 Å². The van der Waals surface area contributed by atoms with Crippen LogP contribution in [0.25, 0.3) is 0 Å². The fraction of sp³-hybridized carbons (Fsp3) is 1.00. The van der Waals surface area contributed by atoms with E-state index < -0.39 is 7.06 Å². The molecule has 0 aromatic heterocycles. The Labute approximate surface area is 52.6 Å². The first-order chi connectivity index (χ1) is 2.81. The molecule has 0 amide bonds. The minimum atomic E-state index is -3.08. The van der Waals surface area contributed by atoms with Gasteiger partial charge in [0.2, 0.25) is 0 Å². The van der Waals surface area contributed by atoms with E-state index in [1.807, 2.05) is 0 Å². The molecule has 0 aliphatic heterocycles. The van der Waals surface area contributed by atoms with Crippen molar-refractivity contribution in [2.45, 2.75) is 6.92 Å². The van der Waals surface area contributed by atoms with Gasteiger partial charge in [-0.2, -0.15) is 0 Å². The van der Waals surface area contributed by atoms with E-state index in [0.29, 0.717) is 6.16 Å². The van der Waals surface area contributed by atoms with Gasteiger partial charge in [-0.1, -0.05) is 0 Å². The molecule has 0 saturated heterocycles. The third kappa shape index (κ3) is 9.65. The van der Waals surface area contributed by atoms with Crippen molar-refractivity contribution in [3.63, 3.8) is 0 Å². The van der Waals surface area contributed by atoms with Gasteiger partial charge in [0.05, 0.1) is 8.41 Å². The summed E-state index contributed by atoms with van der Waals surface area (Å²) in [5.41, 5.74) is 0. The Morgan fingerprint density at radius 3 is 1.38 bits per heavy atom. The van der Waals surface area contributed by atoms with Crippen molar-refractivity contribution in [3.05, 3.63) is 0 Å². The Morgan fingerprint density at radius 2 is 1.38 bits per heavy atom. The summed E-state index contributed by atoms with van der Waals surface area (Å²) in [5, 5.41) is 0. The van der Waals surface area contributed by atoms with Crippen molar-refractivity contribution in [1.82, 2.24) is 0 Å². The maximum absolute atomic E-state index is 8.98. The molecule has 0 aromatic carbocycles. The quantitative estimate of drug-likeness (QED) is 0.377. The topological polar surface area (TPSA) is 40.5 Å². The van der Waals surface area contributed by atoms with E-state index in [9.17, 15) is 0 Å². The molecule has 2 nitrogen and oxygen atoms in total. The molecular formula is C4H16BO2P. The van der Waals surface area contributed by atoms with Gasteiger partial charge >= 0.3 is 43.3 Å². The molecule has 4 heteroatoms. The molecule has 2 N–H and O–H groups in total. The molecule has 0 aliphatic carbocycles. The summed E-state index contributed by atoms with van der Waals surface area (Å²) in [6.45, 7) is 4.79. The molecule has 0 aromatic rings. The van der Waals surface area contributed by atoms with Crippen LogP contribution in [0.1, 0.15) is 6.92 Å². The first-order valence-electron chi connectivity index (χ1n) is 2.32. The third-order valence-electron chi connectivity index (χ3n) is 0.915. The molecule has 0 rings (SSSR count). The van der Waals surface area contributed by atoms with Crippen LogP contribution in [0, 0.1) is 0 Å². The molecule has 0 radical (unpaired) electrons. The van der Waals surface area contributed by atoms with E-state index in [1.165, 1.54) is 13.3 Å². The van der Waals surface area contributed by atoms with E-state index in [-0.39, 0.29) is 8.41 Å². The van der Waals surface area contributed by atoms with E-state index in [2.05, 4.69) is 0 Å². The number of hydrogen-bond donors (Lipinski definition) is 2. The van der Waals surface area contributed by atoms with Crippen molar-refractivity contribution in [1.29, 1.82) is 0 Å². The molecule has 0 atom stereocenters. The fourth-order valence-electron chi connectivity index (χ4n) is 0. The van der Waals surface area contributed by atoms with Gasteiger partial charge < -0.3 is 0 Å². The molecule has 0 heterocycles. The zero-order chi connectivity index (χ0) is 6.15. The van der Waals surface area contributed by atoms with Crippen molar-refractivity contribution in [3.8, 4) is 0 Å². The maximum atomic E-state index is 8.98. The molecule has 0 fully saturated rings. The zero-order valence-electron chi connectivity index (χ0n) is 5.05. The minimum absolute atomic E-state index is 0. The summed E-state index contributed by atoms with van der Waals surface area (Å²) in [7, 11) is -3.08. The van der Waals surface area contributed by atoms with Crippen molar-refractivity contribution in [2.75, 3.05) is 19.5 Å². The second-order valence-corrected chi connectivity index (χ2v) is 7.70. The van der Waals surface area contributed by atoms with Gasteiger partial charge in [0, 0.05) is 0 Å². The van der Waals surface area contributed by atoms with Gasteiger partial charge in [-0.3, -0.25) is 0 Å². The number of rotatable bonds is 1. The standard InChI is InChI=1S/C4H13O2P.BH3/c1-4-7(2,3,5)6;/h5-6H,4H2,1-3H3;1H3. The van der Waals surface area contributed by atoms with E-state index in [0.717, 1.165) is 0 Å². The fourth-order valence-corrected chi connectivity index (χ4v) is 0. The van der Waals surface area contributed by atoms with Crippen LogP contribution in [0.15, 0.2) is 0 Å². The van der Waals surface area contributed by atoms with Gasteiger partial charge in [0.25, 0.3) is 0 Å². The molecule has 0 saturated carbocycles. The predicted molar refractivity (Wildman–Crippen MR) is 43.7 cm³/mol. The Balaban J connectivity index is 0. The average molecular weight is 138 g/mol. The molecular weight excluding hydrogens is 122 g/mol. The monoisotopic (exact) mass is 138 g/mol. The molecule has 0 unspecified atom stereocenters. The summed E-state index contributed by atoms with van der Waals surface area (Å²) in [6.07, 6.45) is 0.478. The van der Waals surface area contributed by atoms with Crippen LogP contribution < -0.4 is 0 Å². The van der Waals surface area contributed by atoms with Crippen LogP contribution in [0.5, 0.6) is 0 Å². The van der Waals surface area contributed by atoms with Gasteiger partial charge in [0.1, 0.15) is 0 Å². The van der Waals surface area contributed by atoms with Crippen LogP contribution in [0.2, 0.25) is 0 Å². The summed E-state index contributed by atoms with van der Waals surface area (Å²) in [5.74, 6) is 0. The first-order valence-corrected chi connectivity index (χ1v) is 5.54. The molecule has 8 heavy (non-hydrogen) atoms. The molecule has 0 spiro atoms. The van der Waals surface area contributed by atoms with Crippen molar-refractivity contribution >= 4 is 15.5 Å². The SMILES string of the molecule is B.CCP(C)(C)(O)O. The van der Waals surface area contributed by atoms with Crippen LogP contribution in [-0.2, 0) is 0 Å². The number of hydrogen-bond acceptors (Lipinski definition) is 2. The summed E-state index contributed by atoms with van der Waals surface area (Å²) < 4.78 is 0.